The molecular weight excluding hydrogens is 406 g/mol. The number of aromatic nitrogens is 2. The molecule has 164 valence electrons. The van der Waals surface area contributed by atoms with Crippen molar-refractivity contribution in [2.75, 3.05) is 25.1 Å². The van der Waals surface area contributed by atoms with E-state index in [2.05, 4.69) is 21.4 Å². The largest absolute Gasteiger partial charge is 0.465 e. The minimum Gasteiger partial charge on any atom is -0.465 e. The fourth-order valence-corrected chi connectivity index (χ4v) is 4.03. The van der Waals surface area contributed by atoms with Crippen molar-refractivity contribution in [3.05, 3.63) is 59.6 Å². The predicted molar refractivity (Wildman–Crippen MR) is 123 cm³/mol. The summed E-state index contributed by atoms with van der Waals surface area (Å²) < 4.78 is 5.44. The number of nitriles is 1. The average Bonchev–Trinajstić information content (AvgIpc) is 3.29. The van der Waals surface area contributed by atoms with Crippen molar-refractivity contribution in [1.82, 2.24) is 14.9 Å². The Morgan fingerprint density at radius 1 is 1.44 bits per heavy atom. The molecule has 1 unspecified atom stereocenters. The fraction of sp³-hybridized carbons (Fsp3) is 0.292. The quantitative estimate of drug-likeness (QED) is 0.523. The first-order valence-corrected chi connectivity index (χ1v) is 10.5. The summed E-state index contributed by atoms with van der Waals surface area (Å²) in [5, 5.41) is 23.5. The van der Waals surface area contributed by atoms with Gasteiger partial charge in [0, 0.05) is 47.3 Å². The molecule has 4 rings (SSSR count). The van der Waals surface area contributed by atoms with E-state index in [1.165, 1.54) is 4.90 Å². The van der Waals surface area contributed by atoms with E-state index in [0.29, 0.717) is 43.9 Å². The van der Waals surface area contributed by atoms with E-state index in [1.54, 1.807) is 12.4 Å². The minimum atomic E-state index is -0.908. The third kappa shape index (κ3) is 4.43. The highest BCUT2D eigenvalue weighted by Crippen LogP contribution is 2.31. The molecule has 8 nitrogen and oxygen atoms in total. The van der Waals surface area contributed by atoms with E-state index >= 15 is 0 Å². The van der Waals surface area contributed by atoms with E-state index in [-0.39, 0.29) is 6.04 Å². The molecule has 1 atom stereocenters. The van der Waals surface area contributed by atoms with Crippen LogP contribution in [-0.2, 0) is 4.74 Å². The van der Waals surface area contributed by atoms with Crippen LogP contribution in [0.5, 0.6) is 0 Å². The molecule has 0 radical (unpaired) electrons. The van der Waals surface area contributed by atoms with Gasteiger partial charge in [-0.1, -0.05) is 12.2 Å². The standard InChI is InChI=1S/C24H25N5O3/c1-16-20-8-9-27-22(20)7-6-21(16)28-23-17(13-26-14-18(23)12-25)4-2-3-5-19-15-32-11-10-29(19)24(30)31/h2,4,6-9,13-14,19,27H,3,5,10-11,15H2,1H3,(H,26,28)(H,30,31). The van der Waals surface area contributed by atoms with Crippen LogP contribution in [0.3, 0.4) is 0 Å². The number of benzene rings is 1. The minimum absolute atomic E-state index is 0.150. The summed E-state index contributed by atoms with van der Waals surface area (Å²) in [5.41, 5.74) is 5.03. The van der Waals surface area contributed by atoms with Crippen LogP contribution in [0.15, 0.2) is 42.9 Å². The van der Waals surface area contributed by atoms with Gasteiger partial charge in [0.1, 0.15) is 6.07 Å². The van der Waals surface area contributed by atoms with Gasteiger partial charge in [-0.15, -0.1) is 0 Å². The number of nitrogens with one attached hydrogen (secondary N) is 2. The number of aryl methyl sites for hydroxylation is 1. The summed E-state index contributed by atoms with van der Waals surface area (Å²) >= 11 is 0. The van der Waals surface area contributed by atoms with Crippen LogP contribution in [0.25, 0.3) is 17.0 Å². The van der Waals surface area contributed by atoms with Crippen molar-refractivity contribution in [3.63, 3.8) is 0 Å². The Morgan fingerprint density at radius 3 is 3.12 bits per heavy atom. The second kappa shape index (κ2) is 9.54. The van der Waals surface area contributed by atoms with E-state index < -0.39 is 6.09 Å². The summed E-state index contributed by atoms with van der Waals surface area (Å²) in [6.07, 6.45) is 9.53. The van der Waals surface area contributed by atoms with Crippen LogP contribution in [-0.4, -0.2) is 51.9 Å². The third-order valence-electron chi connectivity index (χ3n) is 5.80. The fourth-order valence-electron chi connectivity index (χ4n) is 4.03. The number of hydrogen-bond donors (Lipinski definition) is 3. The molecule has 1 amide bonds. The molecule has 0 bridgehead atoms. The summed E-state index contributed by atoms with van der Waals surface area (Å²) in [6, 6.07) is 8.10. The second-order valence-corrected chi connectivity index (χ2v) is 7.75. The van der Waals surface area contributed by atoms with Crippen molar-refractivity contribution >= 4 is 34.4 Å². The number of rotatable bonds is 6. The molecule has 0 spiro atoms. The molecule has 0 aliphatic carbocycles. The molecule has 1 saturated heterocycles. The molecule has 0 saturated carbocycles. The zero-order valence-electron chi connectivity index (χ0n) is 17.8. The van der Waals surface area contributed by atoms with Crippen LogP contribution in [0.4, 0.5) is 16.2 Å². The zero-order chi connectivity index (χ0) is 22.5. The van der Waals surface area contributed by atoms with Crippen molar-refractivity contribution in [2.45, 2.75) is 25.8 Å². The highest BCUT2D eigenvalue weighted by atomic mass is 16.5. The molecule has 3 N–H and O–H groups in total. The highest BCUT2D eigenvalue weighted by Gasteiger charge is 2.26. The summed E-state index contributed by atoms with van der Waals surface area (Å²) in [7, 11) is 0. The lowest BCUT2D eigenvalue weighted by atomic mass is 10.1. The van der Waals surface area contributed by atoms with Crippen molar-refractivity contribution < 1.29 is 14.6 Å². The molecule has 1 aromatic carbocycles. The number of carboxylic acid groups (broad SMARTS) is 1. The number of carbonyl (C=O) groups is 1. The molecule has 3 aromatic rings. The van der Waals surface area contributed by atoms with Gasteiger partial charge in [0.25, 0.3) is 0 Å². The number of pyridine rings is 1. The topological polar surface area (TPSA) is 114 Å². The SMILES string of the molecule is Cc1c(Nc2c(C#N)cncc2C=CCCC2COCCN2C(=O)O)ccc2[nH]ccc12. The van der Waals surface area contributed by atoms with Gasteiger partial charge < -0.3 is 25.0 Å². The first-order valence-electron chi connectivity index (χ1n) is 10.5. The summed E-state index contributed by atoms with van der Waals surface area (Å²) in [4.78, 5) is 20.3. The van der Waals surface area contributed by atoms with Gasteiger partial charge in [0.15, 0.2) is 0 Å². The van der Waals surface area contributed by atoms with Crippen LogP contribution in [0, 0.1) is 18.3 Å². The lowest BCUT2D eigenvalue weighted by molar-refractivity contribution is -0.00227. The summed E-state index contributed by atoms with van der Waals surface area (Å²) in [5.74, 6) is 0. The molecule has 1 aliphatic heterocycles. The second-order valence-electron chi connectivity index (χ2n) is 7.75. The van der Waals surface area contributed by atoms with Crippen LogP contribution in [0.1, 0.15) is 29.5 Å². The maximum atomic E-state index is 11.4. The molecule has 1 fully saturated rings. The van der Waals surface area contributed by atoms with Gasteiger partial charge in [-0.3, -0.25) is 4.98 Å². The van der Waals surface area contributed by atoms with Crippen LogP contribution in [0.2, 0.25) is 0 Å². The number of morpholine rings is 1. The van der Waals surface area contributed by atoms with Gasteiger partial charge in [-0.2, -0.15) is 5.26 Å². The lowest BCUT2D eigenvalue weighted by Crippen LogP contribution is -2.48. The first kappa shape index (κ1) is 21.4. The van der Waals surface area contributed by atoms with Crippen LogP contribution >= 0.6 is 0 Å². The Labute approximate surface area is 186 Å². The summed E-state index contributed by atoms with van der Waals surface area (Å²) in [6.45, 7) is 3.30. The Bertz CT molecular complexity index is 1190. The van der Waals surface area contributed by atoms with Gasteiger partial charge in [0.05, 0.1) is 30.5 Å². The van der Waals surface area contributed by atoms with E-state index in [4.69, 9.17) is 4.74 Å². The smallest absolute Gasteiger partial charge is 0.407 e. The van der Waals surface area contributed by atoms with Crippen molar-refractivity contribution in [1.29, 1.82) is 5.26 Å². The van der Waals surface area contributed by atoms with E-state index in [9.17, 15) is 15.2 Å². The third-order valence-corrected chi connectivity index (χ3v) is 5.80. The number of ether oxygens (including phenoxy) is 1. The number of amides is 1. The number of nitrogens with zero attached hydrogens (tertiary/aromatic N) is 3. The number of hydrogen-bond acceptors (Lipinski definition) is 5. The maximum absolute atomic E-state index is 11.4. The number of H-pyrrole nitrogens is 1. The van der Waals surface area contributed by atoms with Gasteiger partial charge >= 0.3 is 6.09 Å². The number of aromatic amines is 1. The van der Waals surface area contributed by atoms with E-state index in [1.807, 2.05) is 43.5 Å². The molecule has 8 heteroatoms. The zero-order valence-corrected chi connectivity index (χ0v) is 17.8. The Kier molecular flexibility index (Phi) is 6.38. The highest BCUT2D eigenvalue weighted by molar-refractivity contribution is 5.89. The Balaban J connectivity index is 1.52. The van der Waals surface area contributed by atoms with Crippen LogP contribution < -0.4 is 5.32 Å². The molecule has 32 heavy (non-hydrogen) atoms. The monoisotopic (exact) mass is 431 g/mol. The molecule has 2 aromatic heterocycles. The Hall–Kier alpha value is -3.83. The van der Waals surface area contributed by atoms with Gasteiger partial charge in [0.2, 0.25) is 0 Å². The predicted octanol–water partition coefficient (Wildman–Crippen LogP) is 4.66. The first-order chi connectivity index (χ1) is 15.6. The number of allylic oxidation sites excluding steroid dienone is 1. The average molecular weight is 431 g/mol. The van der Waals surface area contributed by atoms with Gasteiger partial charge in [-0.05, 0) is 43.5 Å². The lowest BCUT2D eigenvalue weighted by Gasteiger charge is -2.33. The molecular formula is C24H25N5O3. The number of anilines is 2. The number of fused-ring (bicyclic) bond motifs is 1. The van der Waals surface area contributed by atoms with Crippen molar-refractivity contribution in [2.24, 2.45) is 0 Å². The maximum Gasteiger partial charge on any atom is 0.407 e. The van der Waals surface area contributed by atoms with Crippen molar-refractivity contribution in [3.8, 4) is 6.07 Å². The van der Waals surface area contributed by atoms with E-state index in [0.717, 1.165) is 27.7 Å². The van der Waals surface area contributed by atoms with Gasteiger partial charge in [-0.25, -0.2) is 4.79 Å². The normalized spacial score (nSPS) is 16.4. The molecule has 3 heterocycles. The molecule has 1 aliphatic rings. The Morgan fingerprint density at radius 2 is 2.31 bits per heavy atom.